The number of carboxylic acid groups (broad SMARTS) is 2. The molecule has 8 heteroatoms. The van der Waals surface area contributed by atoms with Crippen LogP contribution in [0.1, 0.15) is 30.4 Å². The molecule has 1 heterocycles. The molecule has 0 aromatic heterocycles. The topological polar surface area (TPSA) is 116 Å². The molecule has 0 saturated carbocycles. The Morgan fingerprint density at radius 1 is 1.04 bits per heavy atom. The molecule has 3 rings (SSSR count). The molecule has 1 aliphatic heterocycles. The van der Waals surface area contributed by atoms with Crippen molar-refractivity contribution in [2.45, 2.75) is 30.2 Å². The summed E-state index contributed by atoms with van der Waals surface area (Å²) in [6, 6.07) is 12.5. The fourth-order valence-corrected chi connectivity index (χ4v) is 3.86. The average molecular weight is 448 g/mol. The Bertz CT molecular complexity index is 939. The summed E-state index contributed by atoms with van der Waals surface area (Å²) in [4.78, 5) is 27.8. The zero-order valence-electron chi connectivity index (χ0n) is 14.8. The number of halogens is 1. The van der Waals surface area contributed by atoms with Crippen molar-refractivity contribution in [3.63, 3.8) is 0 Å². The molecule has 146 valence electrons. The molecule has 0 fully saturated rings. The summed E-state index contributed by atoms with van der Waals surface area (Å²) in [5.41, 5.74) is 2.26. The Morgan fingerprint density at radius 2 is 1.71 bits per heavy atom. The summed E-state index contributed by atoms with van der Waals surface area (Å²) in [5, 5.41) is 33.0. The molecule has 0 saturated heterocycles. The highest BCUT2D eigenvalue weighted by molar-refractivity contribution is 9.08. The Balaban J connectivity index is 2.04. The second-order valence-corrected chi connectivity index (χ2v) is 7.21. The lowest BCUT2D eigenvalue weighted by molar-refractivity contribution is -0.151. The third-order valence-electron chi connectivity index (χ3n) is 4.55. The molecule has 0 spiro atoms. The van der Waals surface area contributed by atoms with Gasteiger partial charge in [0.05, 0.1) is 18.6 Å². The second kappa shape index (κ2) is 8.02. The molecule has 3 N–H and O–H groups in total. The van der Waals surface area contributed by atoms with Crippen LogP contribution in [0.15, 0.2) is 47.6 Å². The number of carbonyl (C=O) groups is 2. The van der Waals surface area contributed by atoms with Crippen molar-refractivity contribution < 1.29 is 29.7 Å². The van der Waals surface area contributed by atoms with Crippen molar-refractivity contribution in [2.75, 3.05) is 0 Å². The predicted octanol–water partition coefficient (Wildman–Crippen LogP) is 3.77. The van der Waals surface area contributed by atoms with Gasteiger partial charge in [0.1, 0.15) is 5.75 Å². The van der Waals surface area contributed by atoms with E-state index in [0.29, 0.717) is 16.6 Å². The molecule has 0 aliphatic carbocycles. The average Bonchev–Trinajstić information content (AvgIpc) is 3.03. The quantitative estimate of drug-likeness (QED) is 0.556. The molecule has 0 amide bonds. The highest BCUT2D eigenvalue weighted by Crippen LogP contribution is 2.38. The van der Waals surface area contributed by atoms with Crippen LogP contribution >= 0.6 is 15.9 Å². The van der Waals surface area contributed by atoms with Gasteiger partial charge in [0.2, 0.25) is 0 Å². The fourth-order valence-electron chi connectivity index (χ4n) is 3.37. The minimum absolute atomic E-state index is 0.0124. The second-order valence-electron chi connectivity index (χ2n) is 6.65. The lowest BCUT2D eigenvalue weighted by Crippen LogP contribution is -2.35. The zero-order chi connectivity index (χ0) is 20.3. The maximum absolute atomic E-state index is 11.2. The van der Waals surface area contributed by atoms with Crippen molar-refractivity contribution in [3.8, 4) is 16.9 Å². The Labute approximate surface area is 169 Å². The first kappa shape index (κ1) is 19.9. The third kappa shape index (κ3) is 4.17. The Kier molecular flexibility index (Phi) is 5.69. The fraction of sp³-hybridized carbons (Fsp3) is 0.250. The van der Waals surface area contributed by atoms with Crippen molar-refractivity contribution in [1.29, 1.82) is 0 Å². The number of benzene rings is 2. The summed E-state index contributed by atoms with van der Waals surface area (Å²) >= 11 is 3.47. The third-order valence-corrected chi connectivity index (χ3v) is 5.16. The van der Waals surface area contributed by atoms with E-state index in [1.165, 1.54) is 6.07 Å². The molecule has 0 unspecified atom stereocenters. The molecule has 1 aliphatic rings. The number of hydrogen-bond acceptors (Lipinski definition) is 5. The van der Waals surface area contributed by atoms with Gasteiger partial charge in [0.15, 0.2) is 5.60 Å². The van der Waals surface area contributed by atoms with E-state index in [-0.39, 0.29) is 12.2 Å². The highest BCUT2D eigenvalue weighted by Gasteiger charge is 2.44. The summed E-state index contributed by atoms with van der Waals surface area (Å²) in [6.07, 6.45) is -0.963. The number of nitrogens with zero attached hydrogens (tertiary/aromatic N) is 1. The molecule has 2 aromatic carbocycles. The molecule has 28 heavy (non-hydrogen) atoms. The first-order valence-electron chi connectivity index (χ1n) is 8.50. The maximum Gasteiger partial charge on any atom is 0.307 e. The van der Waals surface area contributed by atoms with E-state index < -0.39 is 30.4 Å². The van der Waals surface area contributed by atoms with Gasteiger partial charge < -0.3 is 20.2 Å². The molecule has 0 atom stereocenters. The van der Waals surface area contributed by atoms with Gasteiger partial charge in [-0.25, -0.2) is 0 Å². The van der Waals surface area contributed by atoms with Crippen molar-refractivity contribution in [3.05, 3.63) is 53.6 Å². The SMILES string of the molecule is O=C(O)CC1(CC(=O)O)CC(c2cc(O)ccc2-c2ccccc2CBr)=NO1. The summed E-state index contributed by atoms with van der Waals surface area (Å²) < 4.78 is 0. The minimum Gasteiger partial charge on any atom is -0.508 e. The lowest BCUT2D eigenvalue weighted by atomic mass is 9.85. The number of aromatic hydroxyl groups is 1. The number of phenols is 1. The van der Waals surface area contributed by atoms with Gasteiger partial charge in [-0.15, -0.1) is 0 Å². The van der Waals surface area contributed by atoms with Gasteiger partial charge in [0.25, 0.3) is 0 Å². The maximum atomic E-state index is 11.2. The van der Waals surface area contributed by atoms with Crippen LogP contribution in [-0.4, -0.2) is 38.6 Å². The molecule has 7 nitrogen and oxygen atoms in total. The summed E-state index contributed by atoms with van der Waals surface area (Å²) in [7, 11) is 0. The zero-order valence-corrected chi connectivity index (χ0v) is 16.3. The first-order chi connectivity index (χ1) is 13.3. The van der Waals surface area contributed by atoms with Gasteiger partial charge in [-0.2, -0.15) is 0 Å². The van der Waals surface area contributed by atoms with Crippen LogP contribution in [0.4, 0.5) is 0 Å². The highest BCUT2D eigenvalue weighted by atomic mass is 79.9. The number of hydrogen-bond donors (Lipinski definition) is 3. The lowest BCUT2D eigenvalue weighted by Gasteiger charge is -2.22. The number of alkyl halides is 1. The molecular formula is C20H18BrNO6. The molecular weight excluding hydrogens is 430 g/mol. The first-order valence-corrected chi connectivity index (χ1v) is 9.62. The largest absolute Gasteiger partial charge is 0.508 e. The van der Waals surface area contributed by atoms with E-state index in [9.17, 15) is 24.9 Å². The van der Waals surface area contributed by atoms with Crippen molar-refractivity contribution >= 4 is 33.6 Å². The van der Waals surface area contributed by atoms with Gasteiger partial charge in [-0.1, -0.05) is 51.4 Å². The predicted molar refractivity (Wildman–Crippen MR) is 106 cm³/mol. The monoisotopic (exact) mass is 447 g/mol. The van der Waals surface area contributed by atoms with Gasteiger partial charge in [-0.05, 0) is 28.8 Å². The smallest absolute Gasteiger partial charge is 0.307 e. The molecule has 0 radical (unpaired) electrons. The standard InChI is InChI=1S/C20H18BrNO6/c21-11-12-3-1-2-4-14(12)15-6-5-13(23)7-16(15)17-8-20(28-22-17,9-18(24)25)10-19(26)27/h1-7,23H,8-11H2,(H,24,25)(H,26,27). The van der Waals surface area contributed by atoms with Crippen LogP contribution in [0.3, 0.4) is 0 Å². The number of rotatable bonds is 7. The van der Waals surface area contributed by atoms with Gasteiger partial charge in [-0.3, -0.25) is 9.59 Å². The van der Waals surface area contributed by atoms with E-state index in [0.717, 1.165) is 16.7 Å². The van der Waals surface area contributed by atoms with E-state index in [1.807, 2.05) is 24.3 Å². The van der Waals surface area contributed by atoms with Crippen LogP contribution in [0.25, 0.3) is 11.1 Å². The van der Waals surface area contributed by atoms with E-state index >= 15 is 0 Å². The number of aliphatic carboxylic acids is 2. The Morgan fingerprint density at radius 3 is 2.36 bits per heavy atom. The van der Waals surface area contributed by atoms with Crippen LogP contribution in [0, 0.1) is 0 Å². The van der Waals surface area contributed by atoms with E-state index in [2.05, 4.69) is 21.1 Å². The van der Waals surface area contributed by atoms with Crippen LogP contribution in [-0.2, 0) is 19.8 Å². The van der Waals surface area contributed by atoms with E-state index in [1.54, 1.807) is 12.1 Å². The number of phenolic OH excluding ortho intramolecular Hbond substituents is 1. The van der Waals surface area contributed by atoms with Gasteiger partial charge in [0, 0.05) is 17.3 Å². The van der Waals surface area contributed by atoms with Gasteiger partial charge >= 0.3 is 11.9 Å². The normalized spacial score (nSPS) is 15.0. The molecule has 0 bridgehead atoms. The van der Waals surface area contributed by atoms with Crippen molar-refractivity contribution in [1.82, 2.24) is 0 Å². The van der Waals surface area contributed by atoms with E-state index in [4.69, 9.17) is 4.84 Å². The minimum atomic E-state index is -1.45. The number of carboxylic acids is 2. The molecule has 2 aromatic rings. The van der Waals surface area contributed by atoms with Crippen LogP contribution in [0.2, 0.25) is 0 Å². The van der Waals surface area contributed by atoms with Crippen LogP contribution in [0.5, 0.6) is 5.75 Å². The Hall–Kier alpha value is -2.87. The number of oxime groups is 1. The summed E-state index contributed by atoms with van der Waals surface area (Å²) in [6.45, 7) is 0. The van der Waals surface area contributed by atoms with Crippen LogP contribution < -0.4 is 0 Å². The summed E-state index contributed by atoms with van der Waals surface area (Å²) in [5.74, 6) is -2.32. The van der Waals surface area contributed by atoms with Crippen molar-refractivity contribution in [2.24, 2.45) is 5.16 Å².